The van der Waals surface area contributed by atoms with Gasteiger partial charge in [0.1, 0.15) is 54.9 Å². The fourth-order valence-corrected chi connectivity index (χ4v) is 14.8. The molecule has 8 rings (SSSR count). The van der Waals surface area contributed by atoms with Crippen LogP contribution in [-0.4, -0.2) is 157 Å². The van der Waals surface area contributed by atoms with Crippen LogP contribution in [0.1, 0.15) is 120 Å². The number of hydrogen-bond acceptors (Lipinski definition) is 15. The molecule has 8 aliphatic rings. The average Bonchev–Trinajstić information content (AvgIpc) is 3.21. The molecule has 0 bridgehead atoms. The number of ether oxygens (including phenoxy) is 6. The normalized spacial score (nSPS) is 53.4. The third kappa shape index (κ3) is 7.45. The molecule has 17 heteroatoms. The van der Waals surface area contributed by atoms with Gasteiger partial charge < -0.3 is 74.4 Å². The average molecular weight is 911 g/mol. The van der Waals surface area contributed by atoms with Crippen molar-refractivity contribution < 1.29 is 84.0 Å². The first kappa shape index (κ1) is 48.6. The summed E-state index contributed by atoms with van der Waals surface area (Å²) in [6.45, 7) is 17.5. The topological polar surface area (TPSA) is 272 Å². The SMILES string of the molecule is C[C@@H]1O[C@H](O[C@@H]2[C@H](O[C@H]3CC[C@]4(C)[C@H](CC[C@]5(C)[C@H]4CC=C4[C@@H]6CC(C)(C)CC[C@@]6(C(=O)O)CC[C@@]45C)C3(C)C)OC[C@H](O)[C@H]2O)[C@@H](O)[C@H](O[C@H]2O[C@H](C(=O)O)[C@H](O)[C@H](O)[C@H]2O)[C@H]1O. The highest BCUT2D eigenvalue weighted by Gasteiger charge is 2.70. The summed E-state index contributed by atoms with van der Waals surface area (Å²) < 4.78 is 35.9. The van der Waals surface area contributed by atoms with Gasteiger partial charge in [0.25, 0.3) is 0 Å². The fourth-order valence-electron chi connectivity index (χ4n) is 14.8. The van der Waals surface area contributed by atoms with Crippen LogP contribution in [-0.2, 0) is 38.0 Å². The minimum atomic E-state index is -1.99. The van der Waals surface area contributed by atoms with Crippen LogP contribution < -0.4 is 0 Å². The van der Waals surface area contributed by atoms with Crippen LogP contribution in [0, 0.1) is 50.2 Å². The van der Waals surface area contributed by atoms with E-state index < -0.39 is 109 Å². The number of aliphatic hydroxyl groups excluding tert-OH is 7. The third-order valence-corrected chi connectivity index (χ3v) is 18.9. The fraction of sp³-hybridized carbons (Fsp3) is 0.915. The lowest BCUT2D eigenvalue weighted by molar-refractivity contribution is -0.381. The van der Waals surface area contributed by atoms with E-state index in [0.29, 0.717) is 18.8 Å². The summed E-state index contributed by atoms with van der Waals surface area (Å²) in [5, 5.41) is 96.1. The van der Waals surface area contributed by atoms with Crippen molar-refractivity contribution in [3.05, 3.63) is 11.6 Å². The van der Waals surface area contributed by atoms with Crippen LogP contribution >= 0.6 is 0 Å². The van der Waals surface area contributed by atoms with Gasteiger partial charge in [-0.25, -0.2) is 4.79 Å². The minimum Gasteiger partial charge on any atom is -0.481 e. The number of aliphatic hydroxyl groups is 7. The summed E-state index contributed by atoms with van der Waals surface area (Å²) >= 11 is 0. The largest absolute Gasteiger partial charge is 0.481 e. The van der Waals surface area contributed by atoms with Gasteiger partial charge in [-0.1, -0.05) is 60.1 Å². The molecule has 364 valence electrons. The van der Waals surface area contributed by atoms with Crippen molar-refractivity contribution in [3.8, 4) is 0 Å². The molecule has 0 spiro atoms. The smallest absolute Gasteiger partial charge is 0.335 e. The molecule has 3 heterocycles. The molecule has 0 aromatic heterocycles. The van der Waals surface area contributed by atoms with Crippen molar-refractivity contribution in [3.63, 3.8) is 0 Å². The first-order valence-electron chi connectivity index (χ1n) is 23.6. The molecule has 0 aromatic rings. The molecule has 9 N–H and O–H groups in total. The Morgan fingerprint density at radius 2 is 1.33 bits per heavy atom. The Kier molecular flexibility index (Phi) is 12.7. The van der Waals surface area contributed by atoms with Crippen molar-refractivity contribution in [2.75, 3.05) is 6.61 Å². The van der Waals surface area contributed by atoms with Gasteiger partial charge >= 0.3 is 11.9 Å². The summed E-state index contributed by atoms with van der Waals surface area (Å²) in [5.74, 6) is -1.68. The summed E-state index contributed by atoms with van der Waals surface area (Å²) in [4.78, 5) is 24.8. The Morgan fingerprint density at radius 1 is 0.672 bits per heavy atom. The number of hydrogen-bond donors (Lipinski definition) is 9. The van der Waals surface area contributed by atoms with E-state index in [9.17, 15) is 55.5 Å². The number of rotatable bonds is 8. The second kappa shape index (κ2) is 16.7. The van der Waals surface area contributed by atoms with E-state index in [1.165, 1.54) is 12.5 Å². The van der Waals surface area contributed by atoms with E-state index in [4.69, 9.17) is 28.4 Å². The minimum absolute atomic E-state index is 0.0251. The molecule has 22 atom stereocenters. The summed E-state index contributed by atoms with van der Waals surface area (Å²) in [6.07, 6.45) is -12.8. The van der Waals surface area contributed by atoms with Crippen LogP contribution in [0.4, 0.5) is 0 Å². The van der Waals surface area contributed by atoms with Gasteiger partial charge in [-0.3, -0.25) is 4.79 Å². The molecule has 3 saturated heterocycles. The van der Waals surface area contributed by atoms with Crippen molar-refractivity contribution in [1.29, 1.82) is 0 Å². The predicted molar refractivity (Wildman–Crippen MR) is 224 cm³/mol. The highest BCUT2D eigenvalue weighted by Crippen LogP contribution is 2.76. The molecule has 0 unspecified atom stereocenters. The van der Waals surface area contributed by atoms with Gasteiger partial charge in [-0.2, -0.15) is 0 Å². The van der Waals surface area contributed by atoms with Gasteiger partial charge in [0.2, 0.25) is 0 Å². The molecule has 17 nitrogen and oxygen atoms in total. The quantitative estimate of drug-likeness (QED) is 0.125. The van der Waals surface area contributed by atoms with Crippen LogP contribution in [0.2, 0.25) is 0 Å². The maximum absolute atomic E-state index is 13.1. The maximum Gasteiger partial charge on any atom is 0.335 e. The Balaban J connectivity index is 0.999. The number of carboxylic acid groups (broad SMARTS) is 2. The Hall–Kier alpha value is -1.84. The lowest BCUT2D eigenvalue weighted by Gasteiger charge is -2.71. The van der Waals surface area contributed by atoms with E-state index in [1.54, 1.807) is 0 Å². The molecule has 0 radical (unpaired) electrons. The van der Waals surface area contributed by atoms with Gasteiger partial charge in [0, 0.05) is 0 Å². The molecular formula is C47H74O17. The highest BCUT2D eigenvalue weighted by molar-refractivity contribution is 5.76. The monoisotopic (exact) mass is 910 g/mol. The molecule has 3 aliphatic heterocycles. The highest BCUT2D eigenvalue weighted by atomic mass is 16.8. The van der Waals surface area contributed by atoms with Crippen molar-refractivity contribution >= 4 is 11.9 Å². The number of carbonyl (C=O) groups is 2. The van der Waals surface area contributed by atoms with Gasteiger partial charge in [0.05, 0.1) is 24.2 Å². The molecule has 5 aliphatic carbocycles. The first-order valence-corrected chi connectivity index (χ1v) is 23.6. The molecule has 0 amide bonds. The first-order chi connectivity index (χ1) is 29.7. The zero-order valence-corrected chi connectivity index (χ0v) is 38.5. The van der Waals surface area contributed by atoms with Crippen LogP contribution in [0.25, 0.3) is 0 Å². The molecule has 0 aromatic carbocycles. The van der Waals surface area contributed by atoms with Crippen LogP contribution in [0.15, 0.2) is 11.6 Å². The summed E-state index contributed by atoms with van der Waals surface area (Å²) in [6, 6.07) is 0. The van der Waals surface area contributed by atoms with Crippen molar-refractivity contribution in [2.24, 2.45) is 50.2 Å². The van der Waals surface area contributed by atoms with Crippen molar-refractivity contribution in [2.45, 2.75) is 212 Å². The van der Waals surface area contributed by atoms with E-state index in [1.807, 2.05) is 0 Å². The van der Waals surface area contributed by atoms with Crippen LogP contribution in [0.3, 0.4) is 0 Å². The van der Waals surface area contributed by atoms with E-state index >= 15 is 0 Å². The van der Waals surface area contributed by atoms with E-state index in [-0.39, 0.29) is 46.2 Å². The molecule has 7 fully saturated rings. The molecule has 4 saturated carbocycles. The number of carboxylic acids is 2. The zero-order chi connectivity index (χ0) is 46.9. The second-order valence-electron chi connectivity index (χ2n) is 23.0. The zero-order valence-electron chi connectivity index (χ0n) is 38.5. The lowest BCUT2D eigenvalue weighted by Crippen LogP contribution is -2.66. The summed E-state index contributed by atoms with van der Waals surface area (Å²) in [5.41, 5.74) is 0.0959. The Bertz CT molecular complexity index is 1810. The van der Waals surface area contributed by atoms with E-state index in [2.05, 4.69) is 54.5 Å². The van der Waals surface area contributed by atoms with Crippen LogP contribution in [0.5, 0.6) is 0 Å². The molecular weight excluding hydrogens is 837 g/mol. The number of aliphatic carboxylic acids is 2. The maximum atomic E-state index is 13.1. The second-order valence-corrected chi connectivity index (χ2v) is 23.0. The molecule has 64 heavy (non-hydrogen) atoms. The number of fused-ring (bicyclic) bond motifs is 7. The van der Waals surface area contributed by atoms with Crippen molar-refractivity contribution in [1.82, 2.24) is 0 Å². The Labute approximate surface area is 375 Å². The van der Waals surface area contributed by atoms with Gasteiger partial charge in [0.15, 0.2) is 25.0 Å². The summed E-state index contributed by atoms with van der Waals surface area (Å²) in [7, 11) is 0. The number of allylic oxidation sites excluding steroid dienone is 2. The van der Waals surface area contributed by atoms with Gasteiger partial charge in [-0.05, 0) is 116 Å². The third-order valence-electron chi connectivity index (χ3n) is 18.9. The van der Waals surface area contributed by atoms with Gasteiger partial charge in [-0.15, -0.1) is 0 Å². The lowest BCUT2D eigenvalue weighted by atomic mass is 9.33. The predicted octanol–water partition coefficient (Wildman–Crippen LogP) is 2.47. The Morgan fingerprint density at radius 3 is 2.00 bits per heavy atom. The van der Waals surface area contributed by atoms with E-state index in [0.717, 1.165) is 51.4 Å². The standard InChI is InChI=1S/C47H74O17/c1-21-28(49)34(62-38-32(53)30(51)31(52)35(63-38)37(55)56)33(54)39(60-21)64-36-29(50)24(48)20-59-40(36)61-27-12-13-44(6)25(43(27,4)5)11-14-46(8)26(44)10-9-22-23-19-42(2,3)15-17-47(23,41(57)58)18-16-45(22,46)7/h9,21,23-36,38-40,48-54H,10-20H2,1-8H3,(H,55,56)(H,57,58)/t21-,23-,24-,25+,26-,27-,28-,29+,30-,31+,32+,33-,34+,35-,36-,38-,39+,40-,44+,45-,46+,47+/m0/s1.